The Bertz CT molecular complexity index is 522. The van der Waals surface area contributed by atoms with E-state index in [-0.39, 0.29) is 0 Å². The van der Waals surface area contributed by atoms with E-state index in [0.29, 0.717) is 6.42 Å². The summed E-state index contributed by atoms with van der Waals surface area (Å²) in [5, 5.41) is 9.96. The summed E-state index contributed by atoms with van der Waals surface area (Å²) in [6.45, 7) is 2.12. The van der Waals surface area contributed by atoms with E-state index in [9.17, 15) is 0 Å². The number of hydrogen-bond donors (Lipinski definition) is 0. The van der Waals surface area contributed by atoms with E-state index in [4.69, 9.17) is 5.26 Å². The molecular formula is C11H8INS. The molecule has 0 saturated carbocycles. The first kappa shape index (κ1) is 9.94. The second-order valence-corrected chi connectivity index (χ2v) is 6.12. The van der Waals surface area contributed by atoms with Gasteiger partial charge in [0, 0.05) is 4.70 Å². The lowest BCUT2D eigenvalue weighted by Gasteiger charge is -2.00. The van der Waals surface area contributed by atoms with Gasteiger partial charge in [0.15, 0.2) is 0 Å². The van der Waals surface area contributed by atoms with Gasteiger partial charge in [-0.15, -0.1) is 11.3 Å². The van der Waals surface area contributed by atoms with Gasteiger partial charge in [-0.3, -0.25) is 0 Å². The summed E-state index contributed by atoms with van der Waals surface area (Å²) in [6.07, 6.45) is 0.504. The average molecular weight is 313 g/mol. The van der Waals surface area contributed by atoms with Crippen molar-refractivity contribution in [3.05, 3.63) is 32.2 Å². The zero-order valence-corrected chi connectivity index (χ0v) is 10.6. The van der Waals surface area contributed by atoms with Crippen LogP contribution in [0.15, 0.2) is 18.2 Å². The average Bonchev–Trinajstić information content (AvgIpc) is 2.53. The number of rotatable bonds is 1. The van der Waals surface area contributed by atoms with Crippen molar-refractivity contribution in [3.63, 3.8) is 0 Å². The van der Waals surface area contributed by atoms with Gasteiger partial charge in [-0.25, -0.2) is 0 Å². The molecule has 0 bridgehead atoms. The number of hydrogen-bond acceptors (Lipinski definition) is 2. The van der Waals surface area contributed by atoms with Crippen LogP contribution in [0, 0.1) is 21.1 Å². The first-order valence-corrected chi connectivity index (χ1v) is 6.16. The molecule has 3 heteroatoms. The predicted molar refractivity (Wildman–Crippen MR) is 68.6 cm³/mol. The van der Waals surface area contributed by atoms with Gasteiger partial charge in [0.05, 0.1) is 15.4 Å². The van der Waals surface area contributed by atoms with Gasteiger partial charge in [-0.05, 0) is 52.1 Å². The molecule has 0 aliphatic carbocycles. The fourth-order valence-electron chi connectivity index (χ4n) is 1.52. The van der Waals surface area contributed by atoms with Crippen molar-refractivity contribution in [2.45, 2.75) is 13.3 Å². The quantitative estimate of drug-likeness (QED) is 0.733. The van der Waals surface area contributed by atoms with Crippen LogP contribution in [0.1, 0.15) is 11.1 Å². The summed E-state index contributed by atoms with van der Waals surface area (Å²) in [7, 11) is 0. The Hall–Kier alpha value is -0.600. The molecule has 1 aromatic carbocycles. The van der Waals surface area contributed by atoms with Gasteiger partial charge in [-0.2, -0.15) is 5.26 Å². The SMILES string of the molecule is Cc1ccc(CC#N)c2cc(I)sc12. The Kier molecular flexibility index (Phi) is 2.75. The van der Waals surface area contributed by atoms with Crippen LogP contribution in [0.5, 0.6) is 0 Å². The molecule has 14 heavy (non-hydrogen) atoms. The maximum atomic E-state index is 8.71. The molecular weight excluding hydrogens is 305 g/mol. The molecule has 0 amide bonds. The van der Waals surface area contributed by atoms with Crippen LogP contribution in [0.3, 0.4) is 0 Å². The highest BCUT2D eigenvalue weighted by Gasteiger charge is 2.06. The van der Waals surface area contributed by atoms with Crippen LogP contribution in [-0.4, -0.2) is 0 Å². The third kappa shape index (κ3) is 1.64. The summed E-state index contributed by atoms with van der Waals surface area (Å²) in [5.41, 5.74) is 2.45. The summed E-state index contributed by atoms with van der Waals surface area (Å²) < 4.78 is 2.60. The molecule has 1 heterocycles. The standard InChI is InChI=1S/C11H8INS/c1-7-2-3-8(4-5-13)9-6-10(12)14-11(7)9/h2-3,6H,4H2,1H3. The van der Waals surface area contributed by atoms with Crippen LogP contribution in [0.2, 0.25) is 0 Å². The lowest BCUT2D eigenvalue weighted by Crippen LogP contribution is -1.83. The van der Waals surface area contributed by atoms with Gasteiger partial charge < -0.3 is 0 Å². The Balaban J connectivity index is 2.75. The highest BCUT2D eigenvalue weighted by atomic mass is 127. The molecule has 0 spiro atoms. The summed E-state index contributed by atoms with van der Waals surface area (Å²) >= 11 is 4.13. The Morgan fingerprint density at radius 2 is 2.29 bits per heavy atom. The van der Waals surface area contributed by atoms with Crippen molar-refractivity contribution in [3.8, 4) is 6.07 Å². The van der Waals surface area contributed by atoms with Crippen LogP contribution in [0.25, 0.3) is 10.1 Å². The van der Waals surface area contributed by atoms with Crippen molar-refractivity contribution in [1.82, 2.24) is 0 Å². The maximum Gasteiger partial charge on any atom is 0.0669 e. The Morgan fingerprint density at radius 3 is 3.00 bits per heavy atom. The molecule has 0 fully saturated rings. The van der Waals surface area contributed by atoms with E-state index >= 15 is 0 Å². The van der Waals surface area contributed by atoms with Crippen molar-refractivity contribution in [1.29, 1.82) is 5.26 Å². The van der Waals surface area contributed by atoms with Gasteiger partial charge in [0.2, 0.25) is 0 Å². The molecule has 70 valence electrons. The highest BCUT2D eigenvalue weighted by molar-refractivity contribution is 14.1. The summed E-state index contributed by atoms with van der Waals surface area (Å²) in [5.74, 6) is 0. The topological polar surface area (TPSA) is 23.8 Å². The van der Waals surface area contributed by atoms with E-state index < -0.39 is 0 Å². The number of nitrogens with zero attached hydrogens (tertiary/aromatic N) is 1. The first-order chi connectivity index (χ1) is 6.72. The van der Waals surface area contributed by atoms with Crippen LogP contribution >= 0.6 is 33.9 Å². The third-order valence-corrected chi connectivity index (χ3v) is 4.24. The van der Waals surface area contributed by atoms with Crippen LogP contribution < -0.4 is 0 Å². The second kappa shape index (κ2) is 3.87. The van der Waals surface area contributed by atoms with E-state index in [1.807, 2.05) is 0 Å². The zero-order valence-electron chi connectivity index (χ0n) is 7.67. The number of aryl methyl sites for hydroxylation is 1. The molecule has 1 aromatic heterocycles. The monoisotopic (exact) mass is 313 g/mol. The minimum Gasteiger partial charge on any atom is -0.198 e. The molecule has 0 unspecified atom stereocenters. The van der Waals surface area contributed by atoms with E-state index in [2.05, 4.69) is 53.8 Å². The predicted octanol–water partition coefficient (Wildman–Crippen LogP) is 3.88. The number of fused-ring (bicyclic) bond motifs is 1. The lowest BCUT2D eigenvalue weighted by molar-refractivity contribution is 1.28. The Labute approximate surface area is 101 Å². The molecule has 0 radical (unpaired) electrons. The molecule has 2 aromatic rings. The maximum absolute atomic E-state index is 8.71. The fourth-order valence-corrected chi connectivity index (χ4v) is 3.40. The van der Waals surface area contributed by atoms with Gasteiger partial charge in [0.1, 0.15) is 0 Å². The minimum atomic E-state index is 0.504. The second-order valence-electron chi connectivity index (χ2n) is 3.17. The lowest BCUT2D eigenvalue weighted by atomic mass is 10.1. The molecule has 0 aliphatic rings. The molecule has 0 saturated heterocycles. The molecule has 2 rings (SSSR count). The minimum absolute atomic E-state index is 0.504. The van der Waals surface area contributed by atoms with Crippen molar-refractivity contribution < 1.29 is 0 Å². The zero-order chi connectivity index (χ0) is 10.1. The van der Waals surface area contributed by atoms with E-state index in [0.717, 1.165) is 5.56 Å². The summed E-state index contributed by atoms with van der Waals surface area (Å²) in [6, 6.07) is 8.53. The molecule has 0 aliphatic heterocycles. The van der Waals surface area contributed by atoms with Crippen molar-refractivity contribution in [2.24, 2.45) is 0 Å². The Morgan fingerprint density at radius 1 is 1.50 bits per heavy atom. The number of benzene rings is 1. The highest BCUT2D eigenvalue weighted by Crippen LogP contribution is 2.32. The number of halogens is 1. The molecule has 0 atom stereocenters. The van der Waals surface area contributed by atoms with E-state index in [1.54, 1.807) is 11.3 Å². The first-order valence-electron chi connectivity index (χ1n) is 4.27. The fraction of sp³-hybridized carbons (Fsp3) is 0.182. The third-order valence-electron chi connectivity index (χ3n) is 2.21. The van der Waals surface area contributed by atoms with Gasteiger partial charge >= 0.3 is 0 Å². The van der Waals surface area contributed by atoms with E-state index in [1.165, 1.54) is 18.5 Å². The summed E-state index contributed by atoms with van der Waals surface area (Å²) in [4.78, 5) is 0. The van der Waals surface area contributed by atoms with Gasteiger partial charge in [0.25, 0.3) is 0 Å². The van der Waals surface area contributed by atoms with Gasteiger partial charge in [-0.1, -0.05) is 12.1 Å². The van der Waals surface area contributed by atoms with Crippen molar-refractivity contribution in [2.75, 3.05) is 0 Å². The van der Waals surface area contributed by atoms with Crippen LogP contribution in [-0.2, 0) is 6.42 Å². The normalized spacial score (nSPS) is 10.4. The molecule has 1 nitrogen and oxygen atoms in total. The smallest absolute Gasteiger partial charge is 0.0669 e. The van der Waals surface area contributed by atoms with Crippen LogP contribution in [0.4, 0.5) is 0 Å². The molecule has 0 N–H and O–H groups in total. The van der Waals surface area contributed by atoms with Crippen molar-refractivity contribution >= 4 is 44.0 Å². The number of nitriles is 1. The number of thiophene rings is 1. The largest absolute Gasteiger partial charge is 0.198 e.